The van der Waals surface area contributed by atoms with Crippen LogP contribution < -0.4 is 10.6 Å². The lowest BCUT2D eigenvalue weighted by molar-refractivity contribution is 0.180. The van der Waals surface area contributed by atoms with Crippen molar-refractivity contribution in [1.29, 1.82) is 0 Å². The monoisotopic (exact) mass is 832 g/mol. The minimum Gasteiger partial charge on any atom is -0.452 e. The lowest BCUT2D eigenvalue weighted by Gasteiger charge is -2.17. The molecule has 260 valence electrons. The molecule has 0 aliphatic carbocycles. The van der Waals surface area contributed by atoms with E-state index in [9.17, 15) is 21.6 Å². The normalized spacial score (nSPS) is 11.2. The third kappa shape index (κ3) is 7.72. The number of benzene rings is 4. The number of aromatic nitrogens is 2. The van der Waals surface area contributed by atoms with Crippen molar-refractivity contribution in [3.05, 3.63) is 117 Å². The van der Waals surface area contributed by atoms with Crippen molar-refractivity contribution < 1.29 is 26.4 Å². The minimum atomic E-state index is -3.76. The number of anilines is 2. The van der Waals surface area contributed by atoms with Crippen molar-refractivity contribution in [2.45, 2.75) is 38.5 Å². The number of rotatable bonds is 5. The molecular formula is C35H38Br2N4O6S2. The summed E-state index contributed by atoms with van der Waals surface area (Å²) in [5.41, 5.74) is 9.85. The van der Waals surface area contributed by atoms with E-state index in [0.29, 0.717) is 26.9 Å². The topological polar surface area (TPSA) is 134 Å². The summed E-state index contributed by atoms with van der Waals surface area (Å²) in [6.07, 6.45) is 2.51. The highest BCUT2D eigenvalue weighted by atomic mass is 79.9. The SMILES string of the molecule is C.C.COC(=O)N(C)c1cc(Br)c2ccn(S(=O)(=O)c3ccc(C)cc3)c2c1.Cc1ccc(S(=O)(=O)n2ccc3c(Br)cc(N)cc32)cc1. The first-order valence-electron chi connectivity index (χ1n) is 14.0. The van der Waals surface area contributed by atoms with E-state index in [1.54, 1.807) is 98.2 Å². The fourth-order valence-electron chi connectivity index (χ4n) is 4.86. The Labute approximate surface area is 304 Å². The van der Waals surface area contributed by atoms with Crippen LogP contribution in [0.5, 0.6) is 0 Å². The van der Waals surface area contributed by atoms with Crippen LogP contribution in [0.1, 0.15) is 26.0 Å². The van der Waals surface area contributed by atoms with Gasteiger partial charge in [0.15, 0.2) is 0 Å². The predicted octanol–water partition coefficient (Wildman–Crippen LogP) is 8.96. The number of amides is 1. The molecule has 0 unspecified atom stereocenters. The molecule has 0 saturated carbocycles. The number of carbonyl (C=O) groups is 1. The van der Waals surface area contributed by atoms with Crippen molar-refractivity contribution in [1.82, 2.24) is 7.94 Å². The van der Waals surface area contributed by atoms with Gasteiger partial charge in [-0.15, -0.1) is 0 Å². The Balaban J connectivity index is 0.000000260. The van der Waals surface area contributed by atoms with Gasteiger partial charge < -0.3 is 10.5 Å². The van der Waals surface area contributed by atoms with Crippen LogP contribution in [0.3, 0.4) is 0 Å². The average Bonchev–Trinajstić information content (AvgIpc) is 3.67. The molecule has 0 atom stereocenters. The number of fused-ring (bicyclic) bond motifs is 2. The maximum atomic E-state index is 13.0. The summed E-state index contributed by atoms with van der Waals surface area (Å²) in [5.74, 6) is 0. The van der Waals surface area contributed by atoms with E-state index in [0.717, 1.165) is 26.4 Å². The van der Waals surface area contributed by atoms with Crippen molar-refractivity contribution in [3.8, 4) is 0 Å². The molecule has 10 nitrogen and oxygen atoms in total. The molecule has 1 amide bonds. The molecule has 0 bridgehead atoms. The number of carbonyl (C=O) groups excluding carboxylic acids is 1. The summed E-state index contributed by atoms with van der Waals surface area (Å²) in [5, 5.41) is 1.53. The van der Waals surface area contributed by atoms with Crippen LogP contribution in [0.15, 0.2) is 116 Å². The molecule has 0 aliphatic rings. The third-order valence-electron chi connectivity index (χ3n) is 7.44. The smallest absolute Gasteiger partial charge is 0.413 e. The fraction of sp³-hybridized carbons (Fsp3) is 0.171. The molecule has 0 radical (unpaired) electrons. The molecule has 14 heteroatoms. The number of aryl methyl sites for hydroxylation is 2. The van der Waals surface area contributed by atoms with Crippen LogP contribution in [-0.4, -0.2) is 45.0 Å². The highest BCUT2D eigenvalue weighted by Gasteiger charge is 2.22. The second-order valence-corrected chi connectivity index (χ2v) is 16.0. The molecule has 2 heterocycles. The van der Waals surface area contributed by atoms with Crippen LogP contribution in [-0.2, 0) is 24.8 Å². The van der Waals surface area contributed by atoms with Crippen LogP contribution in [0, 0.1) is 13.8 Å². The van der Waals surface area contributed by atoms with E-state index in [4.69, 9.17) is 10.5 Å². The van der Waals surface area contributed by atoms with Gasteiger partial charge in [0.1, 0.15) is 0 Å². The minimum absolute atomic E-state index is 0. The molecule has 0 spiro atoms. The van der Waals surface area contributed by atoms with Gasteiger partial charge in [-0.25, -0.2) is 29.6 Å². The summed E-state index contributed by atoms with van der Waals surface area (Å²) in [6, 6.07) is 23.7. The van der Waals surface area contributed by atoms with Crippen molar-refractivity contribution >= 4 is 91.2 Å². The first-order valence-corrected chi connectivity index (χ1v) is 18.4. The van der Waals surface area contributed by atoms with Crippen LogP contribution in [0.4, 0.5) is 16.2 Å². The van der Waals surface area contributed by atoms with Gasteiger partial charge >= 0.3 is 6.09 Å². The highest BCUT2D eigenvalue weighted by Crippen LogP contribution is 2.33. The molecule has 4 aromatic carbocycles. The maximum absolute atomic E-state index is 13.0. The van der Waals surface area contributed by atoms with Gasteiger partial charge in [0, 0.05) is 50.5 Å². The fourth-order valence-corrected chi connectivity index (χ4v) is 8.70. The number of halogens is 2. The predicted molar refractivity (Wildman–Crippen MR) is 205 cm³/mol. The lowest BCUT2D eigenvalue weighted by Crippen LogP contribution is -2.25. The molecule has 0 aliphatic heterocycles. The zero-order chi connectivity index (χ0) is 34.3. The van der Waals surface area contributed by atoms with Crippen molar-refractivity contribution in [2.24, 2.45) is 0 Å². The lowest BCUT2D eigenvalue weighted by atomic mass is 10.2. The second kappa shape index (κ2) is 15.2. The quantitative estimate of drug-likeness (QED) is 0.172. The summed E-state index contributed by atoms with van der Waals surface area (Å²) < 4.78 is 60.2. The van der Waals surface area contributed by atoms with Gasteiger partial charge in [0.2, 0.25) is 0 Å². The Morgan fingerprint density at radius 1 is 0.694 bits per heavy atom. The molecule has 6 rings (SSSR count). The Hall–Kier alpha value is -4.11. The number of ether oxygens (including phenoxy) is 1. The number of methoxy groups -OCH3 is 1. The number of hydrogen-bond donors (Lipinski definition) is 1. The zero-order valence-electron chi connectivity index (χ0n) is 25.7. The molecule has 2 aromatic heterocycles. The molecule has 2 N–H and O–H groups in total. The summed E-state index contributed by atoms with van der Waals surface area (Å²) in [7, 11) is -4.55. The van der Waals surface area contributed by atoms with Crippen molar-refractivity contribution in [3.63, 3.8) is 0 Å². The van der Waals surface area contributed by atoms with Crippen LogP contribution >= 0.6 is 31.9 Å². The molecular weight excluding hydrogens is 796 g/mol. The first kappa shape index (κ1) is 39.3. The number of nitrogens with zero attached hydrogens (tertiary/aromatic N) is 3. The average molecular weight is 835 g/mol. The molecule has 0 fully saturated rings. The Bertz CT molecular complexity index is 2350. The number of nitrogens with two attached hydrogens (primary N) is 1. The zero-order valence-corrected chi connectivity index (χ0v) is 30.5. The Morgan fingerprint density at radius 3 is 1.53 bits per heavy atom. The third-order valence-corrected chi connectivity index (χ3v) is 12.2. The van der Waals surface area contributed by atoms with E-state index in [1.807, 2.05) is 13.8 Å². The van der Waals surface area contributed by atoms with E-state index < -0.39 is 26.1 Å². The van der Waals surface area contributed by atoms with E-state index in [-0.39, 0.29) is 24.6 Å². The van der Waals surface area contributed by atoms with Crippen LogP contribution in [0.25, 0.3) is 21.8 Å². The molecule has 0 saturated heterocycles. The van der Waals surface area contributed by atoms with Gasteiger partial charge in [-0.1, -0.05) is 82.1 Å². The summed E-state index contributed by atoms with van der Waals surface area (Å²) in [6.45, 7) is 3.81. The second-order valence-electron chi connectivity index (χ2n) is 10.7. The first-order chi connectivity index (χ1) is 22.1. The van der Waals surface area contributed by atoms with Gasteiger partial charge in [-0.05, 0) is 74.5 Å². The Kier molecular flexibility index (Phi) is 12.2. The highest BCUT2D eigenvalue weighted by molar-refractivity contribution is 9.11. The van der Waals surface area contributed by atoms with Gasteiger partial charge in [0.05, 0.1) is 27.9 Å². The summed E-state index contributed by atoms with van der Waals surface area (Å²) >= 11 is 6.85. The molecule has 6 aromatic rings. The van der Waals surface area contributed by atoms with Crippen LogP contribution in [0.2, 0.25) is 0 Å². The van der Waals surface area contributed by atoms with E-state index in [1.165, 1.54) is 26.2 Å². The number of nitrogen functional groups attached to an aromatic ring is 1. The number of hydrogen-bond acceptors (Lipinski definition) is 7. The maximum Gasteiger partial charge on any atom is 0.413 e. The van der Waals surface area contributed by atoms with Gasteiger partial charge in [-0.2, -0.15) is 0 Å². The standard InChI is InChI=1S/C18H17BrN2O4S.C15H13BrN2O2S.2CH4/c1-12-4-6-14(7-5-12)26(23,24)21-9-8-15-16(19)10-13(11-17(15)21)20(2)18(22)25-3;1-10-2-4-12(5-3-10)21(19,20)18-7-6-13-14(16)8-11(17)9-15(13)18;;/h4-11H,1-3H3;2-9H,17H2,1H3;2*1H4. The van der Waals surface area contributed by atoms with E-state index in [2.05, 4.69) is 31.9 Å². The van der Waals surface area contributed by atoms with Gasteiger partial charge in [-0.3, -0.25) is 4.90 Å². The Morgan fingerprint density at radius 2 is 1.10 bits per heavy atom. The van der Waals surface area contributed by atoms with Gasteiger partial charge in [0.25, 0.3) is 20.0 Å². The largest absolute Gasteiger partial charge is 0.452 e. The van der Waals surface area contributed by atoms with E-state index >= 15 is 0 Å². The summed E-state index contributed by atoms with van der Waals surface area (Å²) in [4.78, 5) is 13.6. The molecule has 49 heavy (non-hydrogen) atoms. The van der Waals surface area contributed by atoms with Crippen molar-refractivity contribution in [2.75, 3.05) is 24.8 Å².